The Bertz CT molecular complexity index is 1500. The van der Waals surface area contributed by atoms with Gasteiger partial charge in [0.1, 0.15) is 23.7 Å². The van der Waals surface area contributed by atoms with Gasteiger partial charge in [0.15, 0.2) is 0 Å². The average Bonchev–Trinajstić information content (AvgIpc) is 2.90. The molecule has 1 aliphatic rings. The second kappa shape index (κ2) is 9.76. The van der Waals surface area contributed by atoms with Crippen LogP contribution in [0.25, 0.3) is 16.8 Å². The van der Waals surface area contributed by atoms with E-state index in [1.165, 1.54) is 13.2 Å². The molecule has 0 bridgehead atoms. The number of rotatable bonds is 6. The van der Waals surface area contributed by atoms with Gasteiger partial charge in [-0.3, -0.25) is 14.9 Å². The number of carbonyl (C=O) groups excluding carboxylic acids is 3. The van der Waals surface area contributed by atoms with E-state index in [0.717, 1.165) is 21.2 Å². The zero-order chi connectivity index (χ0) is 25.1. The Morgan fingerprint density at radius 1 is 0.833 bits per heavy atom. The van der Waals surface area contributed by atoms with Crippen LogP contribution in [0.1, 0.15) is 11.1 Å². The smallest absolute Gasteiger partial charge is 0.335 e. The van der Waals surface area contributed by atoms with Crippen molar-refractivity contribution < 1.29 is 23.9 Å². The highest BCUT2D eigenvalue weighted by molar-refractivity contribution is 6.39. The molecule has 1 aliphatic heterocycles. The molecule has 0 unspecified atom stereocenters. The van der Waals surface area contributed by atoms with Gasteiger partial charge in [-0.15, -0.1) is 0 Å². The predicted octanol–water partition coefficient (Wildman–Crippen LogP) is 5.09. The van der Waals surface area contributed by atoms with Crippen LogP contribution < -0.4 is 19.7 Å². The molecule has 1 fully saturated rings. The van der Waals surface area contributed by atoms with Gasteiger partial charge in [-0.05, 0) is 64.4 Å². The van der Waals surface area contributed by atoms with Gasteiger partial charge in [-0.25, -0.2) is 9.69 Å². The number of methoxy groups -OCH3 is 1. The molecule has 178 valence electrons. The van der Waals surface area contributed by atoms with Crippen molar-refractivity contribution in [3.63, 3.8) is 0 Å². The lowest BCUT2D eigenvalue weighted by Gasteiger charge is -2.26. The lowest BCUT2D eigenvalue weighted by Crippen LogP contribution is -2.54. The van der Waals surface area contributed by atoms with Crippen molar-refractivity contribution in [2.45, 2.75) is 6.61 Å². The fourth-order valence-electron chi connectivity index (χ4n) is 4.06. The lowest BCUT2D eigenvalue weighted by atomic mass is 10.1. The van der Waals surface area contributed by atoms with Gasteiger partial charge in [-0.2, -0.15) is 0 Å². The third-order valence-corrected chi connectivity index (χ3v) is 5.88. The SMILES string of the molecule is COc1ccc(N2C(=O)NC(=O)/C(=C/c3cccc(OCc4cccc5ccccc45)c3)C2=O)cc1. The minimum atomic E-state index is -0.806. The summed E-state index contributed by atoms with van der Waals surface area (Å²) in [6, 6.07) is 26.9. The summed E-state index contributed by atoms with van der Waals surface area (Å²) in [5.74, 6) is -0.298. The number of hydrogen-bond donors (Lipinski definition) is 1. The monoisotopic (exact) mass is 478 g/mol. The van der Waals surface area contributed by atoms with E-state index in [4.69, 9.17) is 9.47 Å². The number of barbiturate groups is 1. The van der Waals surface area contributed by atoms with Crippen molar-refractivity contribution in [3.05, 3.63) is 108 Å². The molecule has 0 radical (unpaired) electrons. The summed E-state index contributed by atoms with van der Waals surface area (Å²) in [7, 11) is 1.52. The third kappa shape index (κ3) is 4.54. The second-order valence-electron chi connectivity index (χ2n) is 8.16. The first kappa shape index (κ1) is 22.9. The quantitative estimate of drug-likeness (QED) is 0.308. The molecule has 0 spiro atoms. The van der Waals surface area contributed by atoms with E-state index in [1.807, 2.05) is 30.3 Å². The molecular weight excluding hydrogens is 456 g/mol. The highest BCUT2D eigenvalue weighted by Crippen LogP contribution is 2.26. The molecule has 4 aromatic rings. The van der Waals surface area contributed by atoms with Gasteiger partial charge < -0.3 is 9.47 Å². The number of ether oxygens (including phenoxy) is 2. The van der Waals surface area contributed by atoms with Gasteiger partial charge in [0.2, 0.25) is 0 Å². The molecular formula is C29H22N2O5. The van der Waals surface area contributed by atoms with E-state index in [2.05, 4.69) is 23.5 Å². The van der Waals surface area contributed by atoms with Gasteiger partial charge in [-0.1, -0.05) is 54.6 Å². The maximum Gasteiger partial charge on any atom is 0.335 e. The average molecular weight is 479 g/mol. The van der Waals surface area contributed by atoms with E-state index in [-0.39, 0.29) is 5.57 Å². The molecule has 5 rings (SSSR count). The molecule has 7 heteroatoms. The van der Waals surface area contributed by atoms with Crippen LogP contribution in [0, 0.1) is 0 Å². The Morgan fingerprint density at radius 2 is 1.58 bits per heavy atom. The Kier molecular flexibility index (Phi) is 6.19. The van der Waals surface area contributed by atoms with E-state index >= 15 is 0 Å². The number of hydrogen-bond acceptors (Lipinski definition) is 5. The van der Waals surface area contributed by atoms with Crippen molar-refractivity contribution in [2.24, 2.45) is 0 Å². The Morgan fingerprint density at radius 3 is 2.39 bits per heavy atom. The summed E-state index contributed by atoms with van der Waals surface area (Å²) in [5.41, 5.74) is 1.81. The third-order valence-electron chi connectivity index (χ3n) is 5.88. The Balaban J connectivity index is 1.38. The summed E-state index contributed by atoms with van der Waals surface area (Å²) < 4.78 is 11.1. The van der Waals surface area contributed by atoms with E-state index < -0.39 is 17.8 Å². The molecule has 0 aromatic heterocycles. The summed E-state index contributed by atoms with van der Waals surface area (Å²) in [6.45, 7) is 0.362. The van der Waals surface area contributed by atoms with Crippen molar-refractivity contribution in [1.82, 2.24) is 5.32 Å². The number of nitrogens with zero attached hydrogens (tertiary/aromatic N) is 1. The first-order chi connectivity index (χ1) is 17.5. The van der Waals surface area contributed by atoms with Crippen molar-refractivity contribution >= 4 is 40.4 Å². The number of benzene rings is 4. The number of anilines is 1. The molecule has 1 heterocycles. The van der Waals surface area contributed by atoms with Gasteiger partial charge in [0, 0.05) is 0 Å². The molecule has 0 saturated carbocycles. The largest absolute Gasteiger partial charge is 0.497 e. The van der Waals surface area contributed by atoms with Crippen LogP contribution >= 0.6 is 0 Å². The number of urea groups is 1. The lowest BCUT2D eigenvalue weighted by molar-refractivity contribution is -0.122. The molecule has 1 N–H and O–H groups in total. The molecule has 0 atom stereocenters. The number of nitrogens with one attached hydrogen (secondary N) is 1. The van der Waals surface area contributed by atoms with E-state index in [1.54, 1.807) is 42.5 Å². The highest BCUT2D eigenvalue weighted by Gasteiger charge is 2.36. The van der Waals surface area contributed by atoms with Crippen molar-refractivity contribution in [1.29, 1.82) is 0 Å². The summed E-state index contributed by atoms with van der Waals surface area (Å²) in [5, 5.41) is 4.48. The maximum atomic E-state index is 13.1. The van der Waals surface area contributed by atoms with Crippen LogP contribution in [0.2, 0.25) is 0 Å². The summed E-state index contributed by atoms with van der Waals surface area (Å²) in [6.07, 6.45) is 1.45. The Labute approximate surface area is 207 Å². The number of amides is 4. The molecule has 36 heavy (non-hydrogen) atoms. The van der Waals surface area contributed by atoms with Crippen molar-refractivity contribution in [3.8, 4) is 11.5 Å². The van der Waals surface area contributed by atoms with E-state index in [9.17, 15) is 14.4 Å². The number of carbonyl (C=O) groups is 3. The van der Waals surface area contributed by atoms with Crippen LogP contribution in [0.4, 0.5) is 10.5 Å². The minimum absolute atomic E-state index is 0.156. The van der Waals surface area contributed by atoms with Gasteiger partial charge >= 0.3 is 6.03 Å². The van der Waals surface area contributed by atoms with Crippen molar-refractivity contribution in [2.75, 3.05) is 12.0 Å². The normalized spacial score (nSPS) is 14.8. The van der Waals surface area contributed by atoms with Crippen LogP contribution in [-0.2, 0) is 16.2 Å². The molecule has 7 nitrogen and oxygen atoms in total. The Hall–Kier alpha value is -4.91. The van der Waals surface area contributed by atoms with Crippen LogP contribution in [0.15, 0.2) is 96.6 Å². The van der Waals surface area contributed by atoms with Gasteiger partial charge in [0.25, 0.3) is 11.8 Å². The summed E-state index contributed by atoms with van der Waals surface area (Å²) in [4.78, 5) is 39.0. The molecule has 4 amide bonds. The fourth-order valence-corrected chi connectivity index (χ4v) is 4.06. The minimum Gasteiger partial charge on any atom is -0.497 e. The highest BCUT2D eigenvalue weighted by atomic mass is 16.5. The first-order valence-corrected chi connectivity index (χ1v) is 11.3. The molecule has 4 aromatic carbocycles. The zero-order valence-electron chi connectivity index (χ0n) is 19.4. The molecule has 0 aliphatic carbocycles. The fraction of sp³-hybridized carbons (Fsp3) is 0.0690. The predicted molar refractivity (Wildman–Crippen MR) is 137 cm³/mol. The zero-order valence-corrected chi connectivity index (χ0v) is 19.4. The summed E-state index contributed by atoms with van der Waals surface area (Å²) >= 11 is 0. The topological polar surface area (TPSA) is 84.9 Å². The second-order valence-corrected chi connectivity index (χ2v) is 8.16. The maximum absolute atomic E-state index is 13.1. The molecule has 1 saturated heterocycles. The van der Waals surface area contributed by atoms with E-state index in [0.29, 0.717) is 29.4 Å². The number of fused-ring (bicyclic) bond motifs is 1. The first-order valence-electron chi connectivity index (χ1n) is 11.3. The van der Waals surface area contributed by atoms with Crippen LogP contribution in [0.3, 0.4) is 0 Å². The number of imide groups is 2. The van der Waals surface area contributed by atoms with Gasteiger partial charge in [0.05, 0.1) is 12.8 Å². The standard InChI is InChI=1S/C29H22N2O5/c1-35-23-14-12-22(13-15-23)31-28(33)26(27(32)30-29(31)34)17-19-6-4-10-24(16-19)36-18-21-9-5-8-20-7-2-3-11-25(20)21/h2-17H,18H2,1H3,(H,30,32,34)/b26-17-. The van der Waals surface area contributed by atoms with Crippen LogP contribution in [-0.4, -0.2) is 25.0 Å². The van der Waals surface area contributed by atoms with Crippen LogP contribution in [0.5, 0.6) is 11.5 Å².